The predicted octanol–water partition coefficient (Wildman–Crippen LogP) is 2.95. The van der Waals surface area contributed by atoms with Crippen molar-refractivity contribution >= 4 is 12.4 Å². The van der Waals surface area contributed by atoms with E-state index in [1.54, 1.807) is 54.9 Å². The van der Waals surface area contributed by atoms with Crippen LogP contribution in [0, 0.1) is 0 Å². The standard InChI is InChI=1S/C16H16N2O3/c1-2-21-16-9-13(5-8-15(16)20)11-18-17-10-12-3-6-14(19)7-4-12/h3-11,19-20H,2H2,1H3. The molecular weight excluding hydrogens is 268 g/mol. The molecule has 21 heavy (non-hydrogen) atoms. The molecule has 0 saturated heterocycles. The maximum Gasteiger partial charge on any atom is 0.161 e. The number of benzene rings is 2. The molecule has 0 heterocycles. The van der Waals surface area contributed by atoms with E-state index >= 15 is 0 Å². The Morgan fingerprint density at radius 2 is 1.57 bits per heavy atom. The number of aromatic hydroxyl groups is 2. The van der Waals surface area contributed by atoms with Gasteiger partial charge in [-0.05, 0) is 60.5 Å². The Morgan fingerprint density at radius 1 is 0.952 bits per heavy atom. The van der Waals surface area contributed by atoms with Gasteiger partial charge in [-0.25, -0.2) is 0 Å². The molecule has 0 aliphatic rings. The van der Waals surface area contributed by atoms with E-state index in [1.807, 2.05) is 6.92 Å². The largest absolute Gasteiger partial charge is 0.508 e. The molecule has 0 unspecified atom stereocenters. The molecule has 0 aliphatic heterocycles. The molecule has 2 aromatic carbocycles. The summed E-state index contributed by atoms with van der Waals surface area (Å²) in [7, 11) is 0. The Hall–Kier alpha value is -2.82. The fourth-order valence-corrected chi connectivity index (χ4v) is 1.64. The van der Waals surface area contributed by atoms with Crippen LogP contribution in [0.4, 0.5) is 0 Å². The summed E-state index contributed by atoms with van der Waals surface area (Å²) in [5.74, 6) is 0.730. The summed E-state index contributed by atoms with van der Waals surface area (Å²) in [6, 6.07) is 11.6. The van der Waals surface area contributed by atoms with Gasteiger partial charge in [0.2, 0.25) is 0 Å². The maximum atomic E-state index is 9.59. The van der Waals surface area contributed by atoms with Crippen LogP contribution < -0.4 is 4.74 Å². The minimum absolute atomic E-state index is 0.0987. The molecule has 0 atom stereocenters. The van der Waals surface area contributed by atoms with Crippen molar-refractivity contribution in [3.8, 4) is 17.2 Å². The van der Waals surface area contributed by atoms with Gasteiger partial charge in [-0.15, -0.1) is 0 Å². The molecule has 0 aliphatic carbocycles. The lowest BCUT2D eigenvalue weighted by atomic mass is 10.2. The molecule has 0 bridgehead atoms. The zero-order valence-electron chi connectivity index (χ0n) is 11.6. The number of hydrogen-bond donors (Lipinski definition) is 2. The fraction of sp³-hybridized carbons (Fsp3) is 0.125. The highest BCUT2D eigenvalue weighted by Gasteiger charge is 2.01. The van der Waals surface area contributed by atoms with Crippen LogP contribution in [0.5, 0.6) is 17.2 Å². The second-order valence-corrected chi connectivity index (χ2v) is 4.24. The lowest BCUT2D eigenvalue weighted by Gasteiger charge is -2.05. The van der Waals surface area contributed by atoms with E-state index in [0.29, 0.717) is 12.4 Å². The summed E-state index contributed by atoms with van der Waals surface area (Å²) in [4.78, 5) is 0. The van der Waals surface area contributed by atoms with E-state index in [4.69, 9.17) is 9.84 Å². The molecule has 2 rings (SSSR count). The Bertz CT molecular complexity index is 649. The third-order valence-electron chi connectivity index (χ3n) is 2.66. The first-order chi connectivity index (χ1) is 10.2. The molecule has 108 valence electrons. The van der Waals surface area contributed by atoms with Crippen molar-refractivity contribution in [3.63, 3.8) is 0 Å². The second-order valence-electron chi connectivity index (χ2n) is 4.24. The van der Waals surface area contributed by atoms with Gasteiger partial charge >= 0.3 is 0 Å². The van der Waals surface area contributed by atoms with Gasteiger partial charge in [-0.1, -0.05) is 0 Å². The van der Waals surface area contributed by atoms with Crippen molar-refractivity contribution in [1.82, 2.24) is 0 Å². The third-order valence-corrected chi connectivity index (χ3v) is 2.66. The smallest absolute Gasteiger partial charge is 0.161 e. The zero-order valence-corrected chi connectivity index (χ0v) is 11.6. The second kappa shape index (κ2) is 7.09. The van der Waals surface area contributed by atoms with E-state index < -0.39 is 0 Å². The van der Waals surface area contributed by atoms with Gasteiger partial charge in [-0.2, -0.15) is 10.2 Å². The van der Waals surface area contributed by atoms with Crippen LogP contribution in [0.3, 0.4) is 0 Å². The average Bonchev–Trinajstić information content (AvgIpc) is 2.49. The van der Waals surface area contributed by atoms with E-state index in [9.17, 15) is 5.11 Å². The van der Waals surface area contributed by atoms with Crippen LogP contribution in [0.15, 0.2) is 52.7 Å². The lowest BCUT2D eigenvalue weighted by molar-refractivity contribution is 0.318. The molecule has 2 N–H and O–H groups in total. The number of rotatable bonds is 5. The third kappa shape index (κ3) is 4.35. The van der Waals surface area contributed by atoms with Gasteiger partial charge in [0.15, 0.2) is 11.5 Å². The minimum Gasteiger partial charge on any atom is -0.508 e. The quantitative estimate of drug-likeness (QED) is 0.654. The highest BCUT2D eigenvalue weighted by atomic mass is 16.5. The Labute approximate surface area is 122 Å². The van der Waals surface area contributed by atoms with Crippen LogP contribution >= 0.6 is 0 Å². The number of nitrogens with zero attached hydrogens (tertiary/aromatic N) is 2. The van der Waals surface area contributed by atoms with Gasteiger partial charge in [-0.3, -0.25) is 0 Å². The molecule has 0 spiro atoms. The van der Waals surface area contributed by atoms with Crippen molar-refractivity contribution in [2.45, 2.75) is 6.92 Å². The number of ether oxygens (including phenoxy) is 1. The van der Waals surface area contributed by atoms with Crippen LogP contribution in [0.2, 0.25) is 0 Å². The van der Waals surface area contributed by atoms with Crippen molar-refractivity contribution < 1.29 is 14.9 Å². The SMILES string of the molecule is CCOc1cc(C=NN=Cc2ccc(O)cc2)ccc1O. The molecular formula is C16H16N2O3. The monoisotopic (exact) mass is 284 g/mol. The van der Waals surface area contributed by atoms with Gasteiger partial charge in [0, 0.05) is 0 Å². The van der Waals surface area contributed by atoms with E-state index in [0.717, 1.165) is 11.1 Å². The highest BCUT2D eigenvalue weighted by molar-refractivity contribution is 5.83. The first-order valence-corrected chi connectivity index (χ1v) is 6.50. The molecule has 0 aromatic heterocycles. The maximum absolute atomic E-state index is 9.59. The fourth-order valence-electron chi connectivity index (χ4n) is 1.64. The first kappa shape index (κ1) is 14.6. The minimum atomic E-state index is 0.0987. The van der Waals surface area contributed by atoms with Crippen LogP contribution in [0.25, 0.3) is 0 Å². The van der Waals surface area contributed by atoms with E-state index in [1.165, 1.54) is 0 Å². The van der Waals surface area contributed by atoms with Crippen molar-refractivity contribution in [2.75, 3.05) is 6.61 Å². The molecule has 2 aromatic rings. The van der Waals surface area contributed by atoms with Crippen LogP contribution in [-0.4, -0.2) is 29.2 Å². The molecule has 0 radical (unpaired) electrons. The summed E-state index contributed by atoms with van der Waals surface area (Å²) in [5.41, 5.74) is 1.62. The zero-order chi connectivity index (χ0) is 15.1. The number of phenols is 2. The van der Waals surface area contributed by atoms with Gasteiger partial charge in [0.05, 0.1) is 19.0 Å². The molecule has 0 saturated carbocycles. The van der Waals surface area contributed by atoms with Crippen LogP contribution in [-0.2, 0) is 0 Å². The summed E-state index contributed by atoms with van der Waals surface area (Å²) in [6.07, 6.45) is 3.15. The van der Waals surface area contributed by atoms with Gasteiger partial charge in [0.1, 0.15) is 5.75 Å². The Balaban J connectivity index is 2.04. The normalized spacial score (nSPS) is 11.3. The molecule has 5 nitrogen and oxygen atoms in total. The summed E-state index contributed by atoms with van der Waals surface area (Å²) in [5, 5.41) is 26.6. The van der Waals surface area contributed by atoms with Gasteiger partial charge in [0.25, 0.3) is 0 Å². The van der Waals surface area contributed by atoms with Crippen molar-refractivity contribution in [1.29, 1.82) is 0 Å². The summed E-state index contributed by atoms with van der Waals surface area (Å²) < 4.78 is 5.29. The highest BCUT2D eigenvalue weighted by Crippen LogP contribution is 2.26. The Kier molecular flexibility index (Phi) is 4.93. The van der Waals surface area contributed by atoms with Crippen LogP contribution in [0.1, 0.15) is 18.1 Å². The number of hydrogen-bond acceptors (Lipinski definition) is 5. The summed E-state index contributed by atoms with van der Waals surface area (Å²) in [6.45, 7) is 2.33. The molecule has 5 heteroatoms. The van der Waals surface area contributed by atoms with Crippen molar-refractivity contribution in [3.05, 3.63) is 53.6 Å². The topological polar surface area (TPSA) is 74.4 Å². The Morgan fingerprint density at radius 3 is 2.24 bits per heavy atom. The average molecular weight is 284 g/mol. The molecule has 0 amide bonds. The van der Waals surface area contributed by atoms with E-state index in [2.05, 4.69) is 10.2 Å². The number of phenolic OH excluding ortho intramolecular Hbond substituents is 2. The first-order valence-electron chi connectivity index (χ1n) is 6.50. The lowest BCUT2D eigenvalue weighted by Crippen LogP contribution is -1.93. The van der Waals surface area contributed by atoms with Gasteiger partial charge < -0.3 is 14.9 Å². The van der Waals surface area contributed by atoms with Crippen molar-refractivity contribution in [2.24, 2.45) is 10.2 Å². The summed E-state index contributed by atoms with van der Waals surface area (Å²) >= 11 is 0. The molecule has 0 fully saturated rings. The van der Waals surface area contributed by atoms with E-state index in [-0.39, 0.29) is 11.5 Å². The predicted molar refractivity (Wildman–Crippen MR) is 82.6 cm³/mol.